The summed E-state index contributed by atoms with van der Waals surface area (Å²) in [6.45, 7) is 1.64. The first kappa shape index (κ1) is 25.7. The van der Waals surface area contributed by atoms with Crippen molar-refractivity contribution in [3.63, 3.8) is 0 Å². The fourth-order valence-electron chi connectivity index (χ4n) is 4.15. The average molecular weight is 532 g/mol. The molecule has 5 rings (SSSR count). The Labute approximate surface area is 223 Å². The number of nitrogens with one attached hydrogen (secondary N) is 1. The third-order valence-electron chi connectivity index (χ3n) is 6.29. The van der Waals surface area contributed by atoms with Crippen molar-refractivity contribution >= 4 is 22.8 Å². The van der Waals surface area contributed by atoms with Gasteiger partial charge in [0.05, 0.1) is 16.7 Å². The number of fused-ring (bicyclic) bond motifs is 1. The van der Waals surface area contributed by atoms with Gasteiger partial charge in [-0.05, 0) is 58.0 Å². The molecule has 0 saturated heterocycles. The third-order valence-corrected chi connectivity index (χ3v) is 7.21. The second-order valence-electron chi connectivity index (χ2n) is 8.85. The van der Waals surface area contributed by atoms with Crippen LogP contribution in [0.1, 0.15) is 17.2 Å². The van der Waals surface area contributed by atoms with Crippen LogP contribution in [0, 0.1) is 0 Å². The summed E-state index contributed by atoms with van der Waals surface area (Å²) in [4.78, 5) is 12.1. The van der Waals surface area contributed by atoms with Gasteiger partial charge in [-0.3, -0.25) is 9.13 Å². The highest BCUT2D eigenvalue weighted by Gasteiger charge is 2.14. The largest absolute Gasteiger partial charge is 0.491 e. The standard InChI is InChI=1S/C27H29N7O3S/c1-32-23-13-10-20(16-24(23)33(2)27(32)36)25(35)18-37-22-11-8-19(9-12-22)17-28-14-15-38-26-29-30-31-34(26)21-6-4-3-5-7-21/h3-13,16,25,28,35H,14-15,17-18H2,1-2H3. The molecule has 0 saturated carbocycles. The van der Waals surface area contributed by atoms with Gasteiger partial charge in [0, 0.05) is 32.9 Å². The molecule has 0 amide bonds. The molecule has 0 aliphatic heterocycles. The Morgan fingerprint density at radius 1 is 1.00 bits per heavy atom. The Bertz CT molecular complexity index is 1560. The number of thioether (sulfide) groups is 1. The lowest BCUT2D eigenvalue weighted by atomic mass is 10.1. The van der Waals surface area contributed by atoms with Gasteiger partial charge in [-0.15, -0.1) is 5.10 Å². The molecule has 2 heterocycles. The average Bonchev–Trinajstić information content (AvgIpc) is 3.51. The normalized spacial score (nSPS) is 12.2. The van der Waals surface area contributed by atoms with Crippen molar-refractivity contribution in [3.8, 4) is 11.4 Å². The summed E-state index contributed by atoms with van der Waals surface area (Å²) >= 11 is 1.60. The number of aryl methyl sites for hydroxylation is 2. The first-order chi connectivity index (χ1) is 18.5. The Morgan fingerprint density at radius 2 is 1.76 bits per heavy atom. The fourth-order valence-corrected chi connectivity index (χ4v) is 4.94. The van der Waals surface area contributed by atoms with Crippen LogP contribution < -0.4 is 15.7 Å². The lowest BCUT2D eigenvalue weighted by Gasteiger charge is -2.13. The summed E-state index contributed by atoms with van der Waals surface area (Å²) in [7, 11) is 3.46. The molecule has 2 aromatic heterocycles. The summed E-state index contributed by atoms with van der Waals surface area (Å²) in [6, 6.07) is 23.1. The van der Waals surface area contributed by atoms with E-state index in [9.17, 15) is 9.90 Å². The number of tetrazole rings is 1. The van der Waals surface area contributed by atoms with E-state index in [4.69, 9.17) is 4.74 Å². The molecule has 0 fully saturated rings. The number of hydrogen-bond acceptors (Lipinski definition) is 8. The van der Waals surface area contributed by atoms with Crippen LogP contribution in [0.2, 0.25) is 0 Å². The van der Waals surface area contributed by atoms with Crippen molar-refractivity contribution in [2.24, 2.45) is 14.1 Å². The zero-order valence-electron chi connectivity index (χ0n) is 21.2. The summed E-state index contributed by atoms with van der Waals surface area (Å²) in [5.41, 5.74) is 4.28. The van der Waals surface area contributed by atoms with E-state index in [-0.39, 0.29) is 12.3 Å². The van der Waals surface area contributed by atoms with Gasteiger partial charge >= 0.3 is 5.69 Å². The molecular formula is C27H29N7O3S. The van der Waals surface area contributed by atoms with Crippen LogP contribution in [0.5, 0.6) is 5.75 Å². The van der Waals surface area contributed by atoms with Gasteiger partial charge in [-0.1, -0.05) is 48.2 Å². The maximum atomic E-state index is 12.1. The summed E-state index contributed by atoms with van der Waals surface area (Å²) < 4.78 is 10.7. The van der Waals surface area contributed by atoms with E-state index in [1.165, 1.54) is 0 Å². The number of ether oxygens (including phenoxy) is 1. The molecule has 5 aromatic rings. The Kier molecular flexibility index (Phi) is 7.87. The summed E-state index contributed by atoms with van der Waals surface area (Å²) in [5, 5.41) is 26.8. The van der Waals surface area contributed by atoms with E-state index < -0.39 is 6.10 Å². The monoisotopic (exact) mass is 531 g/mol. The van der Waals surface area contributed by atoms with Gasteiger partial charge in [-0.2, -0.15) is 4.68 Å². The van der Waals surface area contributed by atoms with Gasteiger partial charge in [0.15, 0.2) is 0 Å². The van der Waals surface area contributed by atoms with Crippen molar-refractivity contribution in [2.45, 2.75) is 17.8 Å². The van der Waals surface area contributed by atoms with Gasteiger partial charge in [0.2, 0.25) is 5.16 Å². The second kappa shape index (κ2) is 11.6. The van der Waals surface area contributed by atoms with E-state index in [2.05, 4.69) is 20.8 Å². The molecule has 3 aromatic carbocycles. The zero-order chi connectivity index (χ0) is 26.5. The minimum Gasteiger partial charge on any atom is -0.491 e. The molecule has 1 unspecified atom stereocenters. The molecule has 38 heavy (non-hydrogen) atoms. The number of imidazole rings is 1. The third kappa shape index (κ3) is 5.64. The van der Waals surface area contributed by atoms with E-state index in [1.54, 1.807) is 39.7 Å². The Morgan fingerprint density at radius 3 is 2.55 bits per heavy atom. The molecule has 0 spiro atoms. The molecular weight excluding hydrogens is 502 g/mol. The number of aliphatic hydroxyl groups is 1. The van der Waals surface area contributed by atoms with Crippen molar-refractivity contribution in [2.75, 3.05) is 18.9 Å². The molecule has 1 atom stereocenters. The molecule has 11 heteroatoms. The predicted octanol–water partition coefficient (Wildman–Crippen LogP) is 2.85. The smallest absolute Gasteiger partial charge is 0.328 e. The van der Waals surface area contributed by atoms with Gasteiger partial charge < -0.3 is 15.2 Å². The number of hydrogen-bond donors (Lipinski definition) is 2. The van der Waals surface area contributed by atoms with Crippen molar-refractivity contribution < 1.29 is 9.84 Å². The minimum absolute atomic E-state index is 0.0963. The van der Waals surface area contributed by atoms with Gasteiger partial charge in [0.25, 0.3) is 0 Å². The van der Waals surface area contributed by atoms with Crippen LogP contribution in [0.4, 0.5) is 0 Å². The van der Waals surface area contributed by atoms with Gasteiger partial charge in [-0.25, -0.2) is 4.79 Å². The number of aromatic nitrogens is 6. The summed E-state index contributed by atoms with van der Waals surface area (Å²) in [6.07, 6.45) is -0.809. The first-order valence-corrected chi connectivity index (χ1v) is 13.2. The van der Waals surface area contributed by atoms with Crippen LogP contribution in [-0.4, -0.2) is 53.4 Å². The summed E-state index contributed by atoms with van der Waals surface area (Å²) in [5.74, 6) is 1.51. The first-order valence-electron chi connectivity index (χ1n) is 12.2. The van der Waals surface area contributed by atoms with Crippen LogP contribution in [0.25, 0.3) is 16.7 Å². The lowest BCUT2D eigenvalue weighted by Crippen LogP contribution is -2.19. The predicted molar refractivity (Wildman–Crippen MR) is 147 cm³/mol. The molecule has 0 aliphatic carbocycles. The van der Waals surface area contributed by atoms with Crippen LogP contribution >= 0.6 is 11.8 Å². The van der Waals surface area contributed by atoms with E-state index in [1.807, 2.05) is 72.8 Å². The topological polar surface area (TPSA) is 112 Å². The SMILES string of the molecule is Cn1c(=O)n(C)c2cc(C(O)COc3ccc(CNCCSc4nnnn4-c4ccccc4)cc3)ccc21. The highest BCUT2D eigenvalue weighted by Crippen LogP contribution is 2.21. The highest BCUT2D eigenvalue weighted by molar-refractivity contribution is 7.99. The molecule has 0 bridgehead atoms. The number of para-hydroxylation sites is 1. The Balaban J connectivity index is 1.07. The molecule has 196 valence electrons. The fraction of sp³-hybridized carbons (Fsp3) is 0.259. The molecule has 2 N–H and O–H groups in total. The molecule has 0 radical (unpaired) electrons. The van der Waals surface area contributed by atoms with Crippen LogP contribution in [-0.2, 0) is 20.6 Å². The van der Waals surface area contributed by atoms with Crippen LogP contribution in [0.3, 0.4) is 0 Å². The zero-order valence-corrected chi connectivity index (χ0v) is 22.0. The number of rotatable bonds is 11. The van der Waals surface area contributed by atoms with Crippen molar-refractivity contribution in [1.29, 1.82) is 0 Å². The van der Waals surface area contributed by atoms with Crippen LogP contribution in [0.15, 0.2) is 82.7 Å². The number of aliphatic hydroxyl groups excluding tert-OH is 1. The maximum absolute atomic E-state index is 12.1. The highest BCUT2D eigenvalue weighted by atomic mass is 32.2. The van der Waals surface area contributed by atoms with Crippen molar-refractivity contribution in [1.82, 2.24) is 34.7 Å². The van der Waals surface area contributed by atoms with Gasteiger partial charge in [0.1, 0.15) is 18.5 Å². The quantitative estimate of drug-likeness (QED) is 0.198. The van der Waals surface area contributed by atoms with E-state index >= 15 is 0 Å². The van der Waals surface area contributed by atoms with E-state index in [0.29, 0.717) is 11.3 Å². The van der Waals surface area contributed by atoms with E-state index in [0.717, 1.165) is 46.3 Å². The number of nitrogens with zero attached hydrogens (tertiary/aromatic N) is 6. The number of benzene rings is 3. The lowest BCUT2D eigenvalue weighted by molar-refractivity contribution is 0.108. The molecule has 10 nitrogen and oxygen atoms in total. The minimum atomic E-state index is -0.809. The van der Waals surface area contributed by atoms with Crippen molar-refractivity contribution in [3.05, 3.63) is 94.4 Å². The molecule has 0 aliphatic rings. The Hall–Kier alpha value is -3.93. The second-order valence-corrected chi connectivity index (χ2v) is 9.92. The maximum Gasteiger partial charge on any atom is 0.328 e.